The Bertz CT molecular complexity index is 561. The number of ether oxygens (including phenoxy) is 2. The third-order valence-electron chi connectivity index (χ3n) is 3.54. The van der Waals surface area contributed by atoms with Crippen LogP contribution in [0.25, 0.3) is 0 Å². The zero-order valence-corrected chi connectivity index (χ0v) is 15.1. The van der Waals surface area contributed by atoms with Crippen molar-refractivity contribution < 1.29 is 19.1 Å². The van der Waals surface area contributed by atoms with Crippen LogP contribution in [0.4, 0.5) is 5.69 Å². The first-order valence-corrected chi connectivity index (χ1v) is 7.79. The highest BCUT2D eigenvalue weighted by Gasteiger charge is 2.12. The molecule has 0 bridgehead atoms. The molecule has 0 spiro atoms. The summed E-state index contributed by atoms with van der Waals surface area (Å²) in [7, 11) is 6.99. The highest BCUT2D eigenvalue weighted by atomic mass is 16.5. The molecule has 1 aromatic carbocycles. The Morgan fingerprint density at radius 2 is 1.71 bits per heavy atom. The maximum Gasteiger partial charge on any atom is 0.226 e. The van der Waals surface area contributed by atoms with E-state index in [2.05, 4.69) is 5.32 Å². The number of hydrogen-bond donors (Lipinski definition) is 1. The normalized spacial score (nSPS) is 10.4. The summed E-state index contributed by atoms with van der Waals surface area (Å²) in [6.07, 6.45) is 0.237. The molecule has 1 aromatic rings. The summed E-state index contributed by atoms with van der Waals surface area (Å²) in [5.41, 5.74) is 0.625. The van der Waals surface area contributed by atoms with Gasteiger partial charge in [-0.1, -0.05) is 0 Å². The number of anilines is 1. The van der Waals surface area contributed by atoms with E-state index in [1.807, 2.05) is 19.0 Å². The Kier molecular flexibility index (Phi) is 8.05. The molecule has 0 atom stereocenters. The van der Waals surface area contributed by atoms with E-state index in [1.165, 1.54) is 6.92 Å². The molecule has 7 heteroatoms. The van der Waals surface area contributed by atoms with Crippen molar-refractivity contribution in [3.05, 3.63) is 18.2 Å². The molecule has 1 N–H and O–H groups in total. The molecule has 0 aromatic heterocycles. The largest absolute Gasteiger partial charge is 0.493 e. The lowest BCUT2D eigenvalue weighted by Crippen LogP contribution is -2.37. The second kappa shape index (κ2) is 9.77. The first-order valence-electron chi connectivity index (χ1n) is 7.79. The van der Waals surface area contributed by atoms with Crippen molar-refractivity contribution in [3.8, 4) is 11.5 Å². The van der Waals surface area contributed by atoms with Crippen LogP contribution in [-0.2, 0) is 9.59 Å². The Morgan fingerprint density at radius 3 is 2.25 bits per heavy atom. The van der Waals surface area contributed by atoms with Gasteiger partial charge >= 0.3 is 0 Å². The van der Waals surface area contributed by atoms with Crippen LogP contribution in [0.3, 0.4) is 0 Å². The van der Waals surface area contributed by atoms with Gasteiger partial charge < -0.3 is 24.6 Å². The van der Waals surface area contributed by atoms with Gasteiger partial charge in [0.1, 0.15) is 0 Å². The number of likely N-dealkylation sites (N-methyl/N-ethyl adjacent to an activating group) is 1. The Labute approximate surface area is 143 Å². The fourth-order valence-electron chi connectivity index (χ4n) is 2.12. The van der Waals surface area contributed by atoms with E-state index in [9.17, 15) is 9.59 Å². The summed E-state index contributed by atoms with van der Waals surface area (Å²) >= 11 is 0. The summed E-state index contributed by atoms with van der Waals surface area (Å²) < 4.78 is 10.4. The Morgan fingerprint density at radius 1 is 1.04 bits per heavy atom. The van der Waals surface area contributed by atoms with Crippen molar-refractivity contribution in [3.63, 3.8) is 0 Å². The minimum absolute atomic E-state index is 0.0317. The van der Waals surface area contributed by atoms with E-state index >= 15 is 0 Å². The van der Waals surface area contributed by atoms with Crippen LogP contribution in [0.15, 0.2) is 18.2 Å². The summed E-state index contributed by atoms with van der Waals surface area (Å²) in [6, 6.07) is 5.17. The van der Waals surface area contributed by atoms with Gasteiger partial charge in [0, 0.05) is 44.7 Å². The first-order chi connectivity index (χ1) is 11.4. The predicted molar refractivity (Wildman–Crippen MR) is 93.6 cm³/mol. The average molecular weight is 337 g/mol. The van der Waals surface area contributed by atoms with E-state index < -0.39 is 0 Å². The van der Waals surface area contributed by atoms with Gasteiger partial charge in [-0.2, -0.15) is 0 Å². The SMILES string of the molecule is COc1ccc(NC(=O)CCN(CCN(C)C)C(C)=O)cc1OC. The van der Waals surface area contributed by atoms with Gasteiger partial charge in [-0.25, -0.2) is 0 Å². The molecule has 24 heavy (non-hydrogen) atoms. The maximum absolute atomic E-state index is 12.1. The lowest BCUT2D eigenvalue weighted by Gasteiger charge is -2.22. The van der Waals surface area contributed by atoms with Crippen LogP contribution in [0.2, 0.25) is 0 Å². The molecule has 2 amide bonds. The standard InChI is InChI=1S/C17H27N3O4/c1-13(21)20(11-10-19(2)3)9-8-17(22)18-14-6-7-15(23-4)16(12-14)24-5/h6-7,12H,8-11H2,1-5H3,(H,18,22). The van der Waals surface area contributed by atoms with E-state index in [4.69, 9.17) is 9.47 Å². The van der Waals surface area contributed by atoms with Crippen LogP contribution in [0, 0.1) is 0 Å². The number of carbonyl (C=O) groups is 2. The molecule has 0 unspecified atom stereocenters. The Hall–Kier alpha value is -2.28. The summed E-state index contributed by atoms with van der Waals surface area (Å²) in [5.74, 6) is 0.961. The number of methoxy groups -OCH3 is 2. The molecular weight excluding hydrogens is 310 g/mol. The minimum atomic E-state index is -0.154. The number of carbonyl (C=O) groups excluding carboxylic acids is 2. The van der Waals surface area contributed by atoms with Crippen molar-refractivity contribution in [2.24, 2.45) is 0 Å². The third-order valence-corrected chi connectivity index (χ3v) is 3.54. The molecule has 0 radical (unpaired) electrons. The van der Waals surface area contributed by atoms with Gasteiger partial charge in [-0.3, -0.25) is 9.59 Å². The smallest absolute Gasteiger partial charge is 0.226 e. The summed E-state index contributed by atoms with van der Waals surface area (Å²) in [4.78, 5) is 27.4. The fourth-order valence-corrected chi connectivity index (χ4v) is 2.12. The lowest BCUT2D eigenvalue weighted by molar-refractivity contribution is -0.129. The maximum atomic E-state index is 12.1. The quantitative estimate of drug-likeness (QED) is 0.738. The molecule has 0 aliphatic heterocycles. The second-order valence-corrected chi connectivity index (χ2v) is 5.68. The van der Waals surface area contributed by atoms with Gasteiger partial charge in [0.05, 0.1) is 14.2 Å². The van der Waals surface area contributed by atoms with Crippen molar-refractivity contribution >= 4 is 17.5 Å². The highest BCUT2D eigenvalue weighted by molar-refractivity contribution is 5.91. The number of benzene rings is 1. The van der Waals surface area contributed by atoms with Crippen molar-refractivity contribution in [2.75, 3.05) is 53.3 Å². The van der Waals surface area contributed by atoms with Crippen LogP contribution in [0.1, 0.15) is 13.3 Å². The third kappa shape index (κ3) is 6.45. The Balaban J connectivity index is 2.57. The molecule has 0 fully saturated rings. The van der Waals surface area contributed by atoms with Crippen molar-refractivity contribution in [2.45, 2.75) is 13.3 Å². The van der Waals surface area contributed by atoms with Crippen LogP contribution in [0.5, 0.6) is 11.5 Å². The number of hydrogen-bond acceptors (Lipinski definition) is 5. The van der Waals surface area contributed by atoms with Crippen LogP contribution in [-0.4, -0.2) is 69.6 Å². The monoisotopic (exact) mass is 337 g/mol. The average Bonchev–Trinajstić information content (AvgIpc) is 2.53. The molecule has 0 saturated carbocycles. The lowest BCUT2D eigenvalue weighted by atomic mass is 10.2. The predicted octanol–water partition coefficient (Wildman–Crippen LogP) is 1.44. The molecule has 134 valence electrons. The summed E-state index contributed by atoms with van der Waals surface area (Å²) in [5, 5.41) is 2.80. The number of nitrogens with one attached hydrogen (secondary N) is 1. The highest BCUT2D eigenvalue weighted by Crippen LogP contribution is 2.29. The molecule has 1 rings (SSSR count). The van der Waals surface area contributed by atoms with Gasteiger partial charge in [-0.15, -0.1) is 0 Å². The van der Waals surface area contributed by atoms with E-state index in [0.29, 0.717) is 30.3 Å². The van der Waals surface area contributed by atoms with Crippen LogP contribution < -0.4 is 14.8 Å². The molecular formula is C17H27N3O4. The molecule has 0 heterocycles. The zero-order chi connectivity index (χ0) is 18.1. The fraction of sp³-hybridized carbons (Fsp3) is 0.529. The van der Waals surface area contributed by atoms with Gasteiger partial charge in [0.15, 0.2) is 11.5 Å². The topological polar surface area (TPSA) is 71.1 Å². The van der Waals surface area contributed by atoms with Crippen molar-refractivity contribution in [1.82, 2.24) is 9.80 Å². The van der Waals surface area contributed by atoms with E-state index in [0.717, 1.165) is 6.54 Å². The summed E-state index contributed by atoms with van der Waals surface area (Å²) in [6.45, 7) is 3.27. The number of rotatable bonds is 9. The van der Waals surface area contributed by atoms with E-state index in [1.54, 1.807) is 37.3 Å². The molecule has 0 aliphatic rings. The van der Waals surface area contributed by atoms with Gasteiger partial charge in [-0.05, 0) is 26.2 Å². The molecule has 0 saturated heterocycles. The molecule has 0 aliphatic carbocycles. The van der Waals surface area contributed by atoms with E-state index in [-0.39, 0.29) is 18.2 Å². The molecule has 7 nitrogen and oxygen atoms in total. The number of nitrogens with zero attached hydrogens (tertiary/aromatic N) is 2. The zero-order valence-electron chi connectivity index (χ0n) is 15.1. The van der Waals surface area contributed by atoms with Crippen LogP contribution >= 0.6 is 0 Å². The van der Waals surface area contributed by atoms with Crippen molar-refractivity contribution in [1.29, 1.82) is 0 Å². The van der Waals surface area contributed by atoms with Gasteiger partial charge in [0.2, 0.25) is 11.8 Å². The minimum Gasteiger partial charge on any atom is -0.493 e. The van der Waals surface area contributed by atoms with Gasteiger partial charge in [0.25, 0.3) is 0 Å². The second-order valence-electron chi connectivity index (χ2n) is 5.68. The first kappa shape index (κ1) is 19.8. The number of amides is 2.